The lowest BCUT2D eigenvalue weighted by Crippen LogP contribution is -2.48. The molecule has 3 amide bonds. The molecule has 8 nitrogen and oxygen atoms in total. The third kappa shape index (κ3) is 8.21. The third-order valence-electron chi connectivity index (χ3n) is 5.09. The summed E-state index contributed by atoms with van der Waals surface area (Å²) in [5.74, 6) is -0.430. The molecule has 4 N–H and O–H groups in total. The van der Waals surface area contributed by atoms with Gasteiger partial charge in [-0.25, -0.2) is 0 Å². The Bertz CT molecular complexity index is 1180. The Morgan fingerprint density at radius 2 is 1.33 bits per heavy atom. The minimum Gasteiger partial charge on any atom is -0.494 e. The highest BCUT2D eigenvalue weighted by atomic mass is 32.1. The zero-order valence-corrected chi connectivity index (χ0v) is 20.7. The van der Waals surface area contributed by atoms with Gasteiger partial charge in [0.25, 0.3) is 17.7 Å². The number of unbranched alkanes of at least 4 members (excludes halogenated alkanes) is 2. The first-order valence-corrected chi connectivity index (χ1v) is 12.0. The number of hydrazine groups is 1. The number of benzene rings is 3. The van der Waals surface area contributed by atoms with Gasteiger partial charge in [0.15, 0.2) is 5.11 Å². The van der Waals surface area contributed by atoms with Gasteiger partial charge in [-0.3, -0.25) is 30.6 Å². The largest absolute Gasteiger partial charge is 0.494 e. The molecule has 0 heterocycles. The van der Waals surface area contributed by atoms with Crippen molar-refractivity contribution < 1.29 is 19.1 Å². The zero-order valence-electron chi connectivity index (χ0n) is 19.9. The summed E-state index contributed by atoms with van der Waals surface area (Å²) in [4.78, 5) is 37.0. The van der Waals surface area contributed by atoms with Crippen molar-refractivity contribution in [3.05, 3.63) is 95.6 Å². The van der Waals surface area contributed by atoms with Gasteiger partial charge in [0.2, 0.25) is 0 Å². The Morgan fingerprint density at radius 3 is 2.00 bits per heavy atom. The Morgan fingerprint density at radius 1 is 0.722 bits per heavy atom. The van der Waals surface area contributed by atoms with E-state index in [2.05, 4.69) is 28.4 Å². The molecule has 0 aliphatic rings. The van der Waals surface area contributed by atoms with Crippen molar-refractivity contribution in [3.8, 4) is 5.75 Å². The summed E-state index contributed by atoms with van der Waals surface area (Å²) >= 11 is 5.09. The summed E-state index contributed by atoms with van der Waals surface area (Å²) in [6.45, 7) is 2.77. The van der Waals surface area contributed by atoms with E-state index in [1.54, 1.807) is 72.8 Å². The molecule has 0 aliphatic heterocycles. The normalized spacial score (nSPS) is 10.1. The van der Waals surface area contributed by atoms with Crippen molar-refractivity contribution in [1.82, 2.24) is 16.2 Å². The molecule has 0 atom stereocenters. The van der Waals surface area contributed by atoms with Crippen molar-refractivity contribution in [2.45, 2.75) is 26.2 Å². The standard InChI is InChI=1S/C27H28N4O4S/c1-2-3-7-18-35-23-16-12-20(13-17-23)25(33)29-27(36)31-30-26(34)21-10-14-22(15-11-21)28-24(32)19-8-5-4-6-9-19/h4-6,8-17H,2-3,7,18H2,1H3,(H,28,32)(H,30,34)(H2,29,31,33,36). The summed E-state index contributed by atoms with van der Waals surface area (Å²) in [6.07, 6.45) is 3.22. The van der Waals surface area contributed by atoms with Gasteiger partial charge in [-0.2, -0.15) is 0 Å². The quantitative estimate of drug-likeness (QED) is 0.195. The summed E-state index contributed by atoms with van der Waals surface area (Å²) in [6, 6.07) is 21.9. The van der Waals surface area contributed by atoms with Gasteiger partial charge in [0.05, 0.1) is 6.61 Å². The lowest BCUT2D eigenvalue weighted by molar-refractivity contribution is 0.0934. The van der Waals surface area contributed by atoms with Crippen LogP contribution in [0.4, 0.5) is 5.69 Å². The number of thiocarbonyl (C=S) groups is 1. The van der Waals surface area contributed by atoms with Crippen LogP contribution in [0.5, 0.6) is 5.75 Å². The molecule has 0 radical (unpaired) electrons. The van der Waals surface area contributed by atoms with E-state index in [0.717, 1.165) is 19.3 Å². The van der Waals surface area contributed by atoms with E-state index in [-0.39, 0.29) is 11.0 Å². The molecule has 0 saturated heterocycles. The van der Waals surface area contributed by atoms with Crippen molar-refractivity contribution in [1.29, 1.82) is 0 Å². The summed E-state index contributed by atoms with van der Waals surface area (Å²) in [5.41, 5.74) is 6.76. The molecular formula is C27H28N4O4S. The van der Waals surface area contributed by atoms with Crippen LogP contribution in [0.15, 0.2) is 78.9 Å². The van der Waals surface area contributed by atoms with E-state index in [4.69, 9.17) is 17.0 Å². The van der Waals surface area contributed by atoms with Crippen LogP contribution >= 0.6 is 12.2 Å². The molecule has 0 saturated carbocycles. The predicted octanol–water partition coefficient (Wildman–Crippen LogP) is 4.46. The Hall–Kier alpha value is -4.24. The Kier molecular flexibility index (Phi) is 9.96. The monoisotopic (exact) mass is 504 g/mol. The van der Waals surface area contributed by atoms with E-state index in [0.29, 0.717) is 34.7 Å². The first-order valence-electron chi connectivity index (χ1n) is 11.6. The zero-order chi connectivity index (χ0) is 25.8. The smallest absolute Gasteiger partial charge is 0.269 e. The van der Waals surface area contributed by atoms with Gasteiger partial charge in [-0.1, -0.05) is 38.0 Å². The van der Waals surface area contributed by atoms with Crippen molar-refractivity contribution in [2.24, 2.45) is 0 Å². The van der Waals surface area contributed by atoms with E-state index in [1.165, 1.54) is 0 Å². The maximum atomic E-state index is 12.4. The lowest BCUT2D eigenvalue weighted by atomic mass is 10.1. The second-order valence-electron chi connectivity index (χ2n) is 7.84. The number of ether oxygens (including phenoxy) is 1. The van der Waals surface area contributed by atoms with Gasteiger partial charge in [0.1, 0.15) is 5.75 Å². The number of hydrogen-bond acceptors (Lipinski definition) is 5. The molecule has 3 aromatic carbocycles. The fourth-order valence-corrected chi connectivity index (χ4v) is 3.28. The second-order valence-corrected chi connectivity index (χ2v) is 8.25. The van der Waals surface area contributed by atoms with Gasteiger partial charge in [-0.05, 0) is 79.3 Å². The average Bonchev–Trinajstić information content (AvgIpc) is 2.91. The summed E-state index contributed by atoms with van der Waals surface area (Å²) < 4.78 is 5.64. The van der Waals surface area contributed by atoms with Gasteiger partial charge >= 0.3 is 0 Å². The molecule has 3 aromatic rings. The van der Waals surface area contributed by atoms with Crippen LogP contribution in [0.2, 0.25) is 0 Å². The first-order chi connectivity index (χ1) is 17.5. The molecular weight excluding hydrogens is 476 g/mol. The molecule has 0 aliphatic carbocycles. The number of hydrogen-bond donors (Lipinski definition) is 4. The fraction of sp³-hybridized carbons (Fsp3) is 0.185. The molecule has 186 valence electrons. The highest BCUT2D eigenvalue weighted by Crippen LogP contribution is 2.13. The van der Waals surface area contributed by atoms with Crippen molar-refractivity contribution in [2.75, 3.05) is 11.9 Å². The third-order valence-corrected chi connectivity index (χ3v) is 5.29. The average molecular weight is 505 g/mol. The molecule has 9 heteroatoms. The fourth-order valence-electron chi connectivity index (χ4n) is 3.13. The maximum Gasteiger partial charge on any atom is 0.269 e. The maximum absolute atomic E-state index is 12.4. The molecule has 0 fully saturated rings. The predicted molar refractivity (Wildman–Crippen MR) is 143 cm³/mol. The Balaban J connectivity index is 1.42. The van der Waals surface area contributed by atoms with E-state index < -0.39 is 11.8 Å². The molecule has 0 bridgehead atoms. The van der Waals surface area contributed by atoms with Gasteiger partial charge < -0.3 is 10.1 Å². The van der Waals surface area contributed by atoms with Crippen molar-refractivity contribution in [3.63, 3.8) is 0 Å². The number of carbonyl (C=O) groups excluding carboxylic acids is 3. The molecule has 36 heavy (non-hydrogen) atoms. The Labute approximate surface area is 215 Å². The topological polar surface area (TPSA) is 109 Å². The SMILES string of the molecule is CCCCCOc1ccc(C(=O)NC(=S)NNC(=O)c2ccc(NC(=O)c3ccccc3)cc2)cc1. The van der Waals surface area contributed by atoms with E-state index in [1.807, 2.05) is 6.07 Å². The molecule has 0 aromatic heterocycles. The van der Waals surface area contributed by atoms with Gasteiger partial charge in [-0.15, -0.1) is 0 Å². The minimum atomic E-state index is -0.461. The van der Waals surface area contributed by atoms with Crippen LogP contribution < -0.4 is 26.2 Å². The highest BCUT2D eigenvalue weighted by molar-refractivity contribution is 7.80. The van der Waals surface area contributed by atoms with E-state index >= 15 is 0 Å². The first kappa shape index (κ1) is 26.4. The van der Waals surface area contributed by atoms with Crippen LogP contribution in [-0.4, -0.2) is 29.4 Å². The number of rotatable bonds is 9. The summed E-state index contributed by atoms with van der Waals surface area (Å²) in [5, 5.41) is 5.22. The number of amides is 3. The van der Waals surface area contributed by atoms with Gasteiger partial charge in [0, 0.05) is 22.4 Å². The molecule has 0 spiro atoms. The van der Waals surface area contributed by atoms with E-state index in [9.17, 15) is 14.4 Å². The number of anilines is 1. The minimum absolute atomic E-state index is 0.0556. The van der Waals surface area contributed by atoms with Crippen LogP contribution in [-0.2, 0) is 0 Å². The summed E-state index contributed by atoms with van der Waals surface area (Å²) in [7, 11) is 0. The number of nitrogens with one attached hydrogen (secondary N) is 4. The molecule has 0 unspecified atom stereocenters. The second kappa shape index (κ2) is 13.6. The number of carbonyl (C=O) groups is 3. The lowest BCUT2D eigenvalue weighted by Gasteiger charge is -2.12. The van der Waals surface area contributed by atoms with Crippen LogP contribution in [0.3, 0.4) is 0 Å². The van der Waals surface area contributed by atoms with Crippen LogP contribution in [0, 0.1) is 0 Å². The van der Waals surface area contributed by atoms with Crippen LogP contribution in [0.1, 0.15) is 57.3 Å². The molecule has 3 rings (SSSR count). The van der Waals surface area contributed by atoms with Crippen molar-refractivity contribution >= 4 is 40.7 Å². The van der Waals surface area contributed by atoms with Crippen LogP contribution in [0.25, 0.3) is 0 Å². The highest BCUT2D eigenvalue weighted by Gasteiger charge is 2.11.